The minimum atomic E-state index is 0.00673. The summed E-state index contributed by atoms with van der Waals surface area (Å²) in [6, 6.07) is 6.08. The highest BCUT2D eigenvalue weighted by atomic mass is 32.1. The van der Waals surface area contributed by atoms with E-state index in [1.54, 1.807) is 11.3 Å². The lowest BCUT2D eigenvalue weighted by Gasteiger charge is -2.29. The summed E-state index contributed by atoms with van der Waals surface area (Å²) in [5.74, 6) is 0.00673. The first kappa shape index (κ1) is 17.6. The molecular formula is C21H22N4O2S. The standard InChI is InChI=1S/C21H22N4O2S/c26-20-16-7-6-15(25-8-10-27-11-9-25)12-14(16)13-18(20)23-24-21-22-17-4-2-1-3-5-19(17)28-21/h4-7,12H,1-3,8-11,13H2,(H,22,24)/b23-18-. The normalized spacial score (nSPS) is 20.2. The van der Waals surface area contributed by atoms with Gasteiger partial charge in [-0.1, -0.05) is 23.5 Å². The topological polar surface area (TPSA) is 66.8 Å². The number of benzene rings is 1. The predicted octanol–water partition coefficient (Wildman–Crippen LogP) is 1.93. The van der Waals surface area contributed by atoms with Gasteiger partial charge < -0.3 is 9.64 Å². The van der Waals surface area contributed by atoms with Crippen LogP contribution in [0.4, 0.5) is 10.8 Å². The van der Waals surface area contributed by atoms with E-state index >= 15 is 0 Å². The average molecular weight is 395 g/mol. The van der Waals surface area contributed by atoms with Crippen LogP contribution in [0.15, 0.2) is 23.3 Å². The second-order valence-corrected chi connectivity index (χ2v) is 8.26. The molecule has 28 heavy (non-hydrogen) atoms. The molecule has 0 atom stereocenters. The van der Waals surface area contributed by atoms with Crippen LogP contribution in [-0.4, -0.2) is 42.8 Å². The SMILES string of the molecule is O=C1/C(=N\Nc2nc3c(s2)=CCCCC=3)Cc2cc(N3CCOCC3)ccc21. The predicted molar refractivity (Wildman–Crippen MR) is 113 cm³/mol. The highest BCUT2D eigenvalue weighted by molar-refractivity contribution is 7.13. The first-order valence-electron chi connectivity index (χ1n) is 9.78. The Morgan fingerprint density at radius 1 is 1.18 bits per heavy atom. The fourth-order valence-electron chi connectivity index (χ4n) is 3.86. The zero-order valence-electron chi connectivity index (χ0n) is 15.6. The number of rotatable bonds is 3. The molecule has 2 aromatic rings. The summed E-state index contributed by atoms with van der Waals surface area (Å²) in [6.45, 7) is 3.27. The number of aromatic nitrogens is 1. The molecule has 1 N–H and O–H groups in total. The number of anilines is 2. The van der Waals surface area contributed by atoms with E-state index in [1.165, 1.54) is 11.0 Å². The number of nitrogens with one attached hydrogen (secondary N) is 1. The van der Waals surface area contributed by atoms with Crippen molar-refractivity contribution in [1.82, 2.24) is 4.98 Å². The van der Waals surface area contributed by atoms with E-state index in [9.17, 15) is 4.79 Å². The lowest BCUT2D eigenvalue weighted by Crippen LogP contribution is -2.36. The molecule has 0 amide bonds. The molecule has 0 radical (unpaired) electrons. The van der Waals surface area contributed by atoms with Gasteiger partial charge in [0.2, 0.25) is 10.9 Å². The maximum absolute atomic E-state index is 12.7. The maximum atomic E-state index is 12.7. The van der Waals surface area contributed by atoms with Crippen LogP contribution in [0.5, 0.6) is 0 Å². The second-order valence-electron chi connectivity index (χ2n) is 7.22. The van der Waals surface area contributed by atoms with E-state index in [0.29, 0.717) is 12.1 Å². The van der Waals surface area contributed by atoms with Crippen molar-refractivity contribution < 1.29 is 9.53 Å². The van der Waals surface area contributed by atoms with Crippen LogP contribution in [0.25, 0.3) is 12.2 Å². The molecule has 0 unspecified atom stereocenters. The van der Waals surface area contributed by atoms with Crippen molar-refractivity contribution in [1.29, 1.82) is 0 Å². The number of Topliss-reactive ketones (excluding diaryl/α,β-unsaturated/α-hetero) is 1. The fourth-order valence-corrected chi connectivity index (χ4v) is 4.74. The smallest absolute Gasteiger partial charge is 0.209 e. The van der Waals surface area contributed by atoms with Gasteiger partial charge >= 0.3 is 0 Å². The molecule has 1 aliphatic heterocycles. The van der Waals surface area contributed by atoms with E-state index in [2.05, 4.69) is 38.6 Å². The number of hydrogen-bond donors (Lipinski definition) is 1. The monoisotopic (exact) mass is 394 g/mol. The first-order chi connectivity index (χ1) is 13.8. The Morgan fingerprint density at radius 2 is 2.04 bits per heavy atom. The number of nitrogens with zero attached hydrogens (tertiary/aromatic N) is 3. The molecule has 2 aliphatic carbocycles. The van der Waals surface area contributed by atoms with Crippen molar-refractivity contribution >= 4 is 45.8 Å². The summed E-state index contributed by atoms with van der Waals surface area (Å²) in [5.41, 5.74) is 6.52. The van der Waals surface area contributed by atoms with Crippen LogP contribution >= 0.6 is 11.3 Å². The number of carbonyl (C=O) groups is 1. The summed E-state index contributed by atoms with van der Waals surface area (Å²) >= 11 is 1.59. The average Bonchev–Trinajstić information content (AvgIpc) is 3.19. The zero-order chi connectivity index (χ0) is 18.9. The highest BCUT2D eigenvalue weighted by Crippen LogP contribution is 2.26. The van der Waals surface area contributed by atoms with E-state index in [1.807, 2.05) is 12.1 Å². The zero-order valence-corrected chi connectivity index (χ0v) is 16.4. The Hall–Kier alpha value is -2.51. The van der Waals surface area contributed by atoms with Crippen molar-refractivity contribution in [3.05, 3.63) is 39.2 Å². The molecule has 144 valence electrons. The molecule has 1 saturated heterocycles. The van der Waals surface area contributed by atoms with Gasteiger partial charge in [0.05, 0.1) is 23.1 Å². The van der Waals surface area contributed by atoms with Crippen LogP contribution in [-0.2, 0) is 11.2 Å². The summed E-state index contributed by atoms with van der Waals surface area (Å²) in [5, 5.41) is 6.17. The largest absolute Gasteiger partial charge is 0.378 e. The number of thiazole rings is 1. The fraction of sp³-hybridized carbons (Fsp3) is 0.381. The minimum absolute atomic E-state index is 0.00673. The molecule has 1 aromatic carbocycles. The van der Waals surface area contributed by atoms with Crippen LogP contribution in [0.1, 0.15) is 35.2 Å². The number of morpholine rings is 1. The van der Waals surface area contributed by atoms with Gasteiger partial charge in [0, 0.05) is 30.8 Å². The molecule has 3 aliphatic rings. The molecule has 6 nitrogen and oxygen atoms in total. The molecule has 0 saturated carbocycles. The number of fused-ring (bicyclic) bond motifs is 2. The number of carbonyl (C=O) groups excluding carboxylic acids is 1. The van der Waals surface area contributed by atoms with Crippen molar-refractivity contribution in [3.8, 4) is 0 Å². The molecule has 1 fully saturated rings. The Bertz CT molecular complexity index is 1030. The van der Waals surface area contributed by atoms with Crippen LogP contribution in [0.2, 0.25) is 0 Å². The quantitative estimate of drug-likeness (QED) is 0.806. The number of hydrogen-bond acceptors (Lipinski definition) is 7. The lowest BCUT2D eigenvalue weighted by atomic mass is 10.1. The van der Waals surface area contributed by atoms with Gasteiger partial charge in [0.15, 0.2) is 0 Å². The Morgan fingerprint density at radius 3 is 2.93 bits per heavy atom. The molecule has 7 heteroatoms. The second kappa shape index (κ2) is 7.48. The van der Waals surface area contributed by atoms with Gasteiger partial charge in [-0.2, -0.15) is 5.10 Å². The van der Waals surface area contributed by atoms with Gasteiger partial charge in [-0.15, -0.1) is 0 Å². The number of ether oxygens (including phenoxy) is 1. The Balaban J connectivity index is 1.35. The van der Waals surface area contributed by atoms with Gasteiger partial charge in [0.25, 0.3) is 0 Å². The van der Waals surface area contributed by atoms with Gasteiger partial charge in [-0.05, 0) is 43.0 Å². The first-order valence-corrected chi connectivity index (χ1v) is 10.6. The number of hydrazone groups is 1. The van der Waals surface area contributed by atoms with Crippen LogP contribution in [0.3, 0.4) is 0 Å². The van der Waals surface area contributed by atoms with Crippen molar-refractivity contribution in [3.63, 3.8) is 0 Å². The summed E-state index contributed by atoms with van der Waals surface area (Å²) in [4.78, 5) is 19.6. The third-order valence-corrected chi connectivity index (χ3v) is 6.34. The third-order valence-electron chi connectivity index (χ3n) is 5.37. The van der Waals surface area contributed by atoms with Crippen molar-refractivity contribution in [2.75, 3.05) is 36.6 Å². The summed E-state index contributed by atoms with van der Waals surface area (Å²) < 4.78 is 6.62. The Kier molecular flexibility index (Phi) is 4.70. The van der Waals surface area contributed by atoms with Crippen LogP contribution in [0, 0.1) is 0 Å². The molecule has 0 spiro atoms. The van der Waals surface area contributed by atoms with Crippen molar-refractivity contribution in [2.45, 2.75) is 25.7 Å². The molecule has 2 heterocycles. The lowest BCUT2D eigenvalue weighted by molar-refractivity contribution is 0.106. The van der Waals surface area contributed by atoms with Crippen molar-refractivity contribution in [2.24, 2.45) is 5.10 Å². The van der Waals surface area contributed by atoms with Gasteiger partial charge in [0.1, 0.15) is 5.71 Å². The van der Waals surface area contributed by atoms with Gasteiger partial charge in [-0.3, -0.25) is 10.2 Å². The molecule has 1 aromatic heterocycles. The summed E-state index contributed by atoms with van der Waals surface area (Å²) in [6.07, 6.45) is 8.28. The van der Waals surface area contributed by atoms with E-state index in [0.717, 1.165) is 66.4 Å². The third kappa shape index (κ3) is 3.36. The number of ketones is 1. The van der Waals surface area contributed by atoms with Crippen LogP contribution < -0.4 is 20.2 Å². The van der Waals surface area contributed by atoms with Gasteiger partial charge in [-0.25, -0.2) is 4.98 Å². The molecule has 5 rings (SSSR count). The van der Waals surface area contributed by atoms with E-state index in [4.69, 9.17) is 4.74 Å². The van der Waals surface area contributed by atoms with E-state index < -0.39 is 0 Å². The minimum Gasteiger partial charge on any atom is -0.378 e. The highest BCUT2D eigenvalue weighted by Gasteiger charge is 2.27. The Labute approximate surface area is 167 Å². The molecular weight excluding hydrogens is 372 g/mol. The maximum Gasteiger partial charge on any atom is 0.209 e. The summed E-state index contributed by atoms with van der Waals surface area (Å²) in [7, 11) is 0. The molecule has 0 bridgehead atoms. The van der Waals surface area contributed by atoms with E-state index in [-0.39, 0.29) is 5.78 Å².